The van der Waals surface area contributed by atoms with Gasteiger partial charge < -0.3 is 10.7 Å². The van der Waals surface area contributed by atoms with E-state index in [1.807, 2.05) is 0 Å². The molecule has 9 heteroatoms. The van der Waals surface area contributed by atoms with E-state index in [9.17, 15) is 18.0 Å². The molecule has 1 aromatic heterocycles. The molecule has 0 saturated heterocycles. The molecular formula is C17H10Cl2F3N3O. The van der Waals surface area contributed by atoms with E-state index < -0.39 is 22.5 Å². The highest BCUT2D eigenvalue weighted by atomic mass is 35.5. The number of anilines is 1. The van der Waals surface area contributed by atoms with Gasteiger partial charge in [0.05, 0.1) is 10.6 Å². The van der Waals surface area contributed by atoms with Crippen molar-refractivity contribution >= 4 is 34.7 Å². The Morgan fingerprint density at radius 1 is 1.12 bits per heavy atom. The highest BCUT2D eigenvalue weighted by Crippen LogP contribution is 2.36. The van der Waals surface area contributed by atoms with Crippen LogP contribution in [0.15, 0.2) is 42.6 Å². The summed E-state index contributed by atoms with van der Waals surface area (Å²) in [5, 5.41) is -0.0957. The van der Waals surface area contributed by atoms with Crippen molar-refractivity contribution in [1.82, 2.24) is 9.97 Å². The van der Waals surface area contributed by atoms with Crippen LogP contribution in [-0.2, 0) is 6.18 Å². The van der Waals surface area contributed by atoms with Crippen LogP contribution in [0, 0.1) is 0 Å². The summed E-state index contributed by atoms with van der Waals surface area (Å²) in [7, 11) is 0. The van der Waals surface area contributed by atoms with Gasteiger partial charge in [-0.05, 0) is 36.4 Å². The molecule has 3 N–H and O–H groups in total. The molecule has 0 radical (unpaired) electrons. The highest BCUT2D eigenvalue weighted by molar-refractivity contribution is 6.31. The Morgan fingerprint density at radius 2 is 1.85 bits per heavy atom. The minimum absolute atomic E-state index is 0.00234. The molecule has 0 spiro atoms. The van der Waals surface area contributed by atoms with Gasteiger partial charge in [-0.1, -0.05) is 23.2 Å². The molecule has 0 fully saturated rings. The van der Waals surface area contributed by atoms with Crippen LogP contribution in [0.2, 0.25) is 10.0 Å². The summed E-state index contributed by atoms with van der Waals surface area (Å²) in [6.07, 6.45) is -3.31. The summed E-state index contributed by atoms with van der Waals surface area (Å²) in [6, 6.07) is 7.78. The van der Waals surface area contributed by atoms with Crippen LogP contribution in [0.4, 0.5) is 18.9 Å². The number of nitrogens with zero attached hydrogens (tertiary/aromatic N) is 1. The first-order valence-electron chi connectivity index (χ1n) is 7.19. The van der Waals surface area contributed by atoms with Crippen LogP contribution in [0.25, 0.3) is 11.4 Å². The Hall–Kier alpha value is -2.51. The number of carbonyl (C=O) groups is 1. The summed E-state index contributed by atoms with van der Waals surface area (Å²) < 4.78 is 39.0. The van der Waals surface area contributed by atoms with Gasteiger partial charge in [-0.3, -0.25) is 4.79 Å². The third kappa shape index (κ3) is 3.54. The maximum Gasteiger partial charge on any atom is 0.417 e. The van der Waals surface area contributed by atoms with E-state index in [1.165, 1.54) is 30.5 Å². The van der Waals surface area contributed by atoms with E-state index in [0.29, 0.717) is 5.02 Å². The van der Waals surface area contributed by atoms with Gasteiger partial charge in [-0.15, -0.1) is 0 Å². The van der Waals surface area contributed by atoms with Crippen molar-refractivity contribution in [3.05, 3.63) is 69.5 Å². The Morgan fingerprint density at radius 3 is 2.54 bits per heavy atom. The minimum Gasteiger partial charge on any atom is -0.398 e. The first-order valence-corrected chi connectivity index (χ1v) is 7.94. The normalized spacial score (nSPS) is 11.6. The van der Waals surface area contributed by atoms with Crippen LogP contribution in [0.1, 0.15) is 21.6 Å². The fourth-order valence-electron chi connectivity index (χ4n) is 2.34. The summed E-state index contributed by atoms with van der Waals surface area (Å²) >= 11 is 11.5. The predicted molar refractivity (Wildman–Crippen MR) is 93.3 cm³/mol. The van der Waals surface area contributed by atoms with Crippen molar-refractivity contribution in [3.8, 4) is 11.4 Å². The van der Waals surface area contributed by atoms with Crippen LogP contribution < -0.4 is 5.73 Å². The molecule has 0 bridgehead atoms. The highest BCUT2D eigenvalue weighted by Gasteiger charge is 2.33. The molecule has 0 aliphatic carbocycles. The number of imidazole rings is 1. The summed E-state index contributed by atoms with van der Waals surface area (Å²) in [5.41, 5.74) is 5.30. The third-order valence-corrected chi connectivity index (χ3v) is 4.18. The largest absolute Gasteiger partial charge is 0.417 e. The van der Waals surface area contributed by atoms with Crippen LogP contribution in [-0.4, -0.2) is 15.8 Å². The van der Waals surface area contributed by atoms with E-state index in [1.54, 1.807) is 0 Å². The molecule has 134 valence electrons. The first kappa shape index (κ1) is 18.3. The number of nitrogen functional groups attached to an aromatic ring is 1. The monoisotopic (exact) mass is 399 g/mol. The number of alkyl halides is 3. The molecule has 26 heavy (non-hydrogen) atoms. The van der Waals surface area contributed by atoms with Crippen LogP contribution >= 0.6 is 23.2 Å². The fraction of sp³-hybridized carbons (Fsp3) is 0.0588. The van der Waals surface area contributed by atoms with Crippen molar-refractivity contribution in [1.29, 1.82) is 0 Å². The molecule has 3 rings (SSSR count). The van der Waals surface area contributed by atoms with E-state index in [4.69, 9.17) is 28.9 Å². The van der Waals surface area contributed by atoms with Crippen molar-refractivity contribution in [2.45, 2.75) is 6.18 Å². The Kier molecular flexibility index (Phi) is 4.68. The number of carbonyl (C=O) groups excluding carboxylic acids is 1. The molecule has 2 aromatic carbocycles. The van der Waals surface area contributed by atoms with Crippen molar-refractivity contribution in [3.63, 3.8) is 0 Å². The summed E-state index contributed by atoms with van der Waals surface area (Å²) in [4.78, 5) is 19.3. The predicted octanol–water partition coefficient (Wildman–Crippen LogP) is 5.22. The lowest BCUT2D eigenvalue weighted by atomic mass is 10.1. The second-order valence-electron chi connectivity index (χ2n) is 5.39. The van der Waals surface area contributed by atoms with Crippen molar-refractivity contribution in [2.24, 2.45) is 0 Å². The summed E-state index contributed by atoms with van der Waals surface area (Å²) in [6.45, 7) is 0. The number of aromatic nitrogens is 2. The molecule has 0 aliphatic heterocycles. The second kappa shape index (κ2) is 6.66. The van der Waals surface area contributed by atoms with Crippen molar-refractivity contribution in [2.75, 3.05) is 5.73 Å². The van der Waals surface area contributed by atoms with E-state index in [0.717, 1.165) is 12.1 Å². The number of hydrogen-bond acceptors (Lipinski definition) is 3. The molecule has 1 heterocycles. The number of hydrogen-bond donors (Lipinski definition) is 2. The number of ketones is 1. The van der Waals surface area contributed by atoms with Gasteiger partial charge in [0.15, 0.2) is 0 Å². The maximum atomic E-state index is 13.0. The van der Waals surface area contributed by atoms with E-state index in [2.05, 4.69) is 9.97 Å². The number of benzene rings is 2. The van der Waals surface area contributed by atoms with E-state index in [-0.39, 0.29) is 28.3 Å². The quantitative estimate of drug-likeness (QED) is 0.468. The molecule has 3 aromatic rings. The molecule has 0 saturated carbocycles. The number of nitrogens with one attached hydrogen (secondary N) is 1. The van der Waals surface area contributed by atoms with Gasteiger partial charge in [0.1, 0.15) is 11.5 Å². The molecule has 0 amide bonds. The molecule has 4 nitrogen and oxygen atoms in total. The minimum atomic E-state index is -4.60. The zero-order valence-corrected chi connectivity index (χ0v) is 14.4. The molecule has 0 aliphatic rings. The number of halogens is 5. The topological polar surface area (TPSA) is 71.8 Å². The standard InChI is InChI=1S/C17H10Cl2F3N3O/c18-9-2-4-13(23)10(6-9)15(26)14-7-24-16(25-14)8-1-3-12(19)11(5-8)17(20,21)22/h1-7H,23H2,(H,24,25). The smallest absolute Gasteiger partial charge is 0.398 e. The Balaban J connectivity index is 1.98. The Bertz CT molecular complexity index is 999. The fourth-order valence-corrected chi connectivity index (χ4v) is 2.74. The van der Waals surface area contributed by atoms with Crippen LogP contribution in [0.3, 0.4) is 0 Å². The number of aromatic amines is 1. The van der Waals surface area contributed by atoms with Crippen LogP contribution in [0.5, 0.6) is 0 Å². The molecular weight excluding hydrogens is 390 g/mol. The number of H-pyrrole nitrogens is 1. The van der Waals surface area contributed by atoms with Gasteiger partial charge in [-0.25, -0.2) is 4.98 Å². The zero-order valence-electron chi connectivity index (χ0n) is 12.9. The van der Waals surface area contributed by atoms with Gasteiger partial charge in [0.2, 0.25) is 5.78 Å². The van der Waals surface area contributed by atoms with Gasteiger partial charge in [-0.2, -0.15) is 13.2 Å². The average Bonchev–Trinajstić information content (AvgIpc) is 3.06. The zero-order chi connectivity index (χ0) is 19.1. The summed E-state index contributed by atoms with van der Waals surface area (Å²) in [5.74, 6) is -0.409. The first-order chi connectivity index (χ1) is 12.2. The average molecular weight is 400 g/mol. The Labute approximate surface area is 155 Å². The van der Waals surface area contributed by atoms with Gasteiger partial charge >= 0.3 is 6.18 Å². The van der Waals surface area contributed by atoms with Gasteiger partial charge in [0, 0.05) is 28.0 Å². The van der Waals surface area contributed by atoms with Gasteiger partial charge in [0.25, 0.3) is 0 Å². The molecule has 0 atom stereocenters. The SMILES string of the molecule is Nc1ccc(Cl)cc1C(=O)c1c[nH]c(-c2ccc(Cl)c(C(F)(F)F)c2)n1. The van der Waals surface area contributed by atoms with Crippen molar-refractivity contribution < 1.29 is 18.0 Å². The second-order valence-corrected chi connectivity index (χ2v) is 6.23. The molecule has 0 unspecified atom stereocenters. The lowest BCUT2D eigenvalue weighted by Gasteiger charge is -2.09. The third-order valence-electron chi connectivity index (χ3n) is 3.62. The number of rotatable bonds is 3. The maximum absolute atomic E-state index is 13.0. The lowest BCUT2D eigenvalue weighted by Crippen LogP contribution is -2.06. The lowest BCUT2D eigenvalue weighted by molar-refractivity contribution is -0.137. The van der Waals surface area contributed by atoms with E-state index >= 15 is 0 Å². The number of nitrogens with two attached hydrogens (primary N) is 1.